The first-order valence-electron chi connectivity index (χ1n) is 8.75. The summed E-state index contributed by atoms with van der Waals surface area (Å²) >= 11 is 0. The summed E-state index contributed by atoms with van der Waals surface area (Å²) in [6.45, 7) is 4.64. The molecule has 1 aliphatic heterocycles. The van der Waals surface area contributed by atoms with Crippen molar-refractivity contribution in [3.63, 3.8) is 0 Å². The highest BCUT2D eigenvalue weighted by Gasteiger charge is 2.48. The number of nitrogens with zero attached hydrogens (tertiary/aromatic N) is 5. The first-order valence-corrected chi connectivity index (χ1v) is 8.75. The Kier molecular flexibility index (Phi) is 3.86. The van der Waals surface area contributed by atoms with Crippen molar-refractivity contribution >= 4 is 17.3 Å². The lowest BCUT2D eigenvalue weighted by molar-refractivity contribution is -0.134. The van der Waals surface area contributed by atoms with E-state index in [-0.39, 0.29) is 23.8 Å². The minimum Gasteiger partial charge on any atom is -0.367 e. The third-order valence-electron chi connectivity index (χ3n) is 5.13. The van der Waals surface area contributed by atoms with Crippen LogP contribution >= 0.6 is 0 Å². The molecule has 0 N–H and O–H groups in total. The summed E-state index contributed by atoms with van der Waals surface area (Å²) in [6, 6.07) is 3.72. The van der Waals surface area contributed by atoms with Gasteiger partial charge < -0.3 is 9.64 Å². The SMILES string of the molecule is CC1(C)CC2(C=C(C#N)C1=O)CN(C(=O)c1cnn3cccnc13)CCO2. The number of allylic oxidation sites excluding steroid dienone is 1. The Morgan fingerprint density at radius 1 is 1.41 bits per heavy atom. The first-order chi connectivity index (χ1) is 12.9. The summed E-state index contributed by atoms with van der Waals surface area (Å²) in [4.78, 5) is 31.4. The Balaban J connectivity index is 1.67. The van der Waals surface area contributed by atoms with Gasteiger partial charge in [0.1, 0.15) is 17.2 Å². The van der Waals surface area contributed by atoms with Crippen LogP contribution in [0.25, 0.3) is 5.65 Å². The van der Waals surface area contributed by atoms with Crippen molar-refractivity contribution < 1.29 is 14.3 Å². The van der Waals surface area contributed by atoms with E-state index in [2.05, 4.69) is 10.1 Å². The molecular formula is C19H19N5O3. The molecule has 1 amide bonds. The highest BCUT2D eigenvalue weighted by molar-refractivity contribution is 6.04. The Labute approximate surface area is 156 Å². The van der Waals surface area contributed by atoms with Crippen LogP contribution in [-0.2, 0) is 9.53 Å². The number of hydrogen-bond acceptors (Lipinski definition) is 6. The van der Waals surface area contributed by atoms with Gasteiger partial charge in [-0.05, 0) is 18.6 Å². The van der Waals surface area contributed by atoms with E-state index < -0.39 is 11.0 Å². The number of ether oxygens (including phenoxy) is 1. The van der Waals surface area contributed by atoms with Crippen LogP contribution in [0, 0.1) is 16.7 Å². The average molecular weight is 365 g/mol. The van der Waals surface area contributed by atoms with Crippen molar-refractivity contribution in [3.8, 4) is 6.07 Å². The van der Waals surface area contributed by atoms with Gasteiger partial charge in [0.25, 0.3) is 5.91 Å². The minimum atomic E-state index is -0.840. The Hall–Kier alpha value is -3.05. The smallest absolute Gasteiger partial charge is 0.259 e. The number of nitriles is 1. The molecule has 0 saturated carbocycles. The quantitative estimate of drug-likeness (QED) is 0.757. The topological polar surface area (TPSA) is 101 Å². The molecule has 2 aromatic heterocycles. The number of hydrogen-bond donors (Lipinski definition) is 0. The van der Waals surface area contributed by atoms with Crippen molar-refractivity contribution in [1.29, 1.82) is 5.26 Å². The van der Waals surface area contributed by atoms with E-state index in [9.17, 15) is 14.9 Å². The van der Waals surface area contributed by atoms with Gasteiger partial charge in [-0.3, -0.25) is 9.59 Å². The molecule has 0 radical (unpaired) electrons. The largest absolute Gasteiger partial charge is 0.367 e. The molecule has 27 heavy (non-hydrogen) atoms. The predicted molar refractivity (Wildman–Crippen MR) is 94.7 cm³/mol. The Morgan fingerprint density at radius 3 is 3.00 bits per heavy atom. The van der Waals surface area contributed by atoms with Gasteiger partial charge in [0, 0.05) is 24.4 Å². The molecule has 1 atom stereocenters. The highest BCUT2D eigenvalue weighted by atomic mass is 16.5. The molecule has 1 fully saturated rings. The van der Waals surface area contributed by atoms with E-state index >= 15 is 0 Å². The summed E-state index contributed by atoms with van der Waals surface area (Å²) in [7, 11) is 0. The maximum Gasteiger partial charge on any atom is 0.259 e. The number of aromatic nitrogens is 3. The van der Waals surface area contributed by atoms with Crippen molar-refractivity contribution in [2.24, 2.45) is 5.41 Å². The third-order valence-corrected chi connectivity index (χ3v) is 5.13. The zero-order valence-electron chi connectivity index (χ0n) is 15.2. The fourth-order valence-electron chi connectivity index (χ4n) is 3.98. The van der Waals surface area contributed by atoms with E-state index in [0.29, 0.717) is 30.8 Å². The number of fused-ring (bicyclic) bond motifs is 1. The van der Waals surface area contributed by atoms with Crippen molar-refractivity contribution in [2.45, 2.75) is 25.9 Å². The summed E-state index contributed by atoms with van der Waals surface area (Å²) in [5.74, 6) is -0.373. The fraction of sp³-hybridized carbons (Fsp3) is 0.421. The van der Waals surface area contributed by atoms with Gasteiger partial charge in [-0.2, -0.15) is 10.4 Å². The van der Waals surface area contributed by atoms with Gasteiger partial charge in [0.15, 0.2) is 11.4 Å². The van der Waals surface area contributed by atoms with Crippen LogP contribution < -0.4 is 0 Å². The monoisotopic (exact) mass is 365 g/mol. The van der Waals surface area contributed by atoms with Crippen LogP contribution in [0.2, 0.25) is 0 Å². The van der Waals surface area contributed by atoms with E-state index in [1.807, 2.05) is 6.07 Å². The van der Waals surface area contributed by atoms with Gasteiger partial charge in [-0.15, -0.1) is 0 Å². The zero-order valence-corrected chi connectivity index (χ0v) is 15.2. The lowest BCUT2D eigenvalue weighted by Crippen LogP contribution is -2.57. The number of carbonyl (C=O) groups excluding carboxylic acids is 2. The molecule has 4 rings (SSSR count). The molecule has 138 valence electrons. The summed E-state index contributed by atoms with van der Waals surface area (Å²) in [6.07, 6.45) is 6.87. The van der Waals surface area contributed by atoms with Gasteiger partial charge in [0.05, 0.1) is 24.9 Å². The zero-order chi connectivity index (χ0) is 19.2. The average Bonchev–Trinajstić information content (AvgIpc) is 3.08. The Bertz CT molecular complexity index is 1020. The highest BCUT2D eigenvalue weighted by Crippen LogP contribution is 2.41. The second-order valence-electron chi connectivity index (χ2n) is 7.65. The predicted octanol–water partition coefficient (Wildman–Crippen LogP) is 1.39. The number of carbonyl (C=O) groups is 2. The molecule has 3 heterocycles. The summed E-state index contributed by atoms with van der Waals surface area (Å²) in [5.41, 5.74) is -0.554. The summed E-state index contributed by atoms with van der Waals surface area (Å²) in [5, 5.41) is 13.5. The second kappa shape index (κ2) is 5.99. The normalized spacial score (nSPS) is 24.7. The second-order valence-corrected chi connectivity index (χ2v) is 7.65. The van der Waals surface area contributed by atoms with Crippen LogP contribution in [-0.4, -0.2) is 56.5 Å². The van der Waals surface area contributed by atoms with E-state index in [0.717, 1.165) is 0 Å². The Morgan fingerprint density at radius 2 is 2.22 bits per heavy atom. The molecule has 1 spiro atoms. The van der Waals surface area contributed by atoms with Crippen molar-refractivity contribution in [1.82, 2.24) is 19.5 Å². The fourth-order valence-corrected chi connectivity index (χ4v) is 3.98. The van der Waals surface area contributed by atoms with Crippen LogP contribution in [0.5, 0.6) is 0 Å². The molecule has 2 aromatic rings. The van der Waals surface area contributed by atoms with Crippen molar-refractivity contribution in [3.05, 3.63) is 41.9 Å². The van der Waals surface area contributed by atoms with Gasteiger partial charge in [0.2, 0.25) is 0 Å². The first kappa shape index (κ1) is 17.4. The molecule has 2 aliphatic rings. The number of ketones is 1. The third kappa shape index (κ3) is 2.80. The van der Waals surface area contributed by atoms with E-state index in [1.54, 1.807) is 47.8 Å². The van der Waals surface area contributed by atoms with Gasteiger partial charge in [-0.25, -0.2) is 9.50 Å². The van der Waals surface area contributed by atoms with Crippen molar-refractivity contribution in [2.75, 3.05) is 19.7 Å². The number of morpholine rings is 1. The number of rotatable bonds is 1. The standard InChI is InChI=1S/C19H19N5O3/c1-18(2)11-19(8-13(9-20)15(18)25)12-23(6-7-27-19)17(26)14-10-22-24-5-3-4-21-16(14)24/h3-5,8,10H,6-7,11-12H2,1-2H3. The van der Waals surface area contributed by atoms with Crippen LogP contribution in [0.3, 0.4) is 0 Å². The van der Waals surface area contributed by atoms with Crippen LogP contribution in [0.1, 0.15) is 30.6 Å². The molecule has 8 heteroatoms. The lowest BCUT2D eigenvalue weighted by atomic mass is 9.69. The lowest BCUT2D eigenvalue weighted by Gasteiger charge is -2.46. The molecular weight excluding hydrogens is 346 g/mol. The molecule has 1 unspecified atom stereocenters. The molecule has 8 nitrogen and oxygen atoms in total. The maximum absolute atomic E-state index is 13.1. The minimum absolute atomic E-state index is 0.0956. The number of Topliss-reactive ketones (excluding diaryl/α,β-unsaturated/α-hetero) is 1. The van der Waals surface area contributed by atoms with E-state index in [4.69, 9.17) is 4.74 Å². The van der Waals surface area contributed by atoms with Crippen LogP contribution in [0.15, 0.2) is 36.3 Å². The molecule has 1 aliphatic carbocycles. The maximum atomic E-state index is 13.1. The number of amides is 1. The van der Waals surface area contributed by atoms with Crippen LogP contribution in [0.4, 0.5) is 0 Å². The molecule has 1 saturated heterocycles. The molecule has 0 aromatic carbocycles. The summed E-state index contributed by atoms with van der Waals surface area (Å²) < 4.78 is 7.55. The van der Waals surface area contributed by atoms with Gasteiger partial charge >= 0.3 is 0 Å². The van der Waals surface area contributed by atoms with Gasteiger partial charge in [-0.1, -0.05) is 13.8 Å². The van der Waals surface area contributed by atoms with E-state index in [1.165, 1.54) is 6.20 Å². The molecule has 0 bridgehead atoms.